The Bertz CT molecular complexity index is 450. The number of benzene rings is 1. The van der Waals surface area contributed by atoms with Gasteiger partial charge in [0.2, 0.25) is 0 Å². The van der Waals surface area contributed by atoms with E-state index in [1.165, 1.54) is 12.0 Å². The highest BCUT2D eigenvalue weighted by atomic mass is 79.9. The minimum Gasteiger partial charge on any atom is -0.393 e. The van der Waals surface area contributed by atoms with Crippen LogP contribution in [-0.2, 0) is 0 Å². The van der Waals surface area contributed by atoms with Gasteiger partial charge in [-0.05, 0) is 49.4 Å². The van der Waals surface area contributed by atoms with Gasteiger partial charge >= 0.3 is 0 Å². The summed E-state index contributed by atoms with van der Waals surface area (Å²) in [5, 5.41) is 9.94. The van der Waals surface area contributed by atoms with Crippen molar-refractivity contribution in [2.75, 3.05) is 19.6 Å². The standard InChI is InChI=1S/C16H23BrN2O/c17-13-4-1-11(2-5-13)15(18)7-8-19-9-12-3-6-16(20)14(12)10-19/h1-2,4-5,12,14-16,20H,3,6-10,18H2. The lowest BCUT2D eigenvalue weighted by molar-refractivity contribution is 0.124. The lowest BCUT2D eigenvalue weighted by Gasteiger charge is -2.20. The Morgan fingerprint density at radius 2 is 2.00 bits per heavy atom. The molecule has 20 heavy (non-hydrogen) atoms. The second-order valence-corrected chi connectivity index (χ2v) is 7.19. The van der Waals surface area contributed by atoms with E-state index in [1.54, 1.807) is 0 Å². The van der Waals surface area contributed by atoms with Crippen LogP contribution in [0.25, 0.3) is 0 Å². The van der Waals surface area contributed by atoms with Crippen molar-refractivity contribution in [3.8, 4) is 0 Å². The first-order valence-corrected chi connectivity index (χ1v) is 8.34. The molecule has 1 aromatic carbocycles. The quantitative estimate of drug-likeness (QED) is 0.886. The number of nitrogens with zero attached hydrogens (tertiary/aromatic N) is 1. The number of hydrogen-bond acceptors (Lipinski definition) is 3. The van der Waals surface area contributed by atoms with Crippen molar-refractivity contribution < 1.29 is 5.11 Å². The first-order valence-electron chi connectivity index (χ1n) is 7.55. The fourth-order valence-corrected chi connectivity index (χ4v) is 3.97. The minimum absolute atomic E-state index is 0.0647. The summed E-state index contributed by atoms with van der Waals surface area (Å²) in [5.74, 6) is 1.23. The molecule has 0 spiro atoms. The van der Waals surface area contributed by atoms with Crippen molar-refractivity contribution in [3.05, 3.63) is 34.3 Å². The normalized spacial score (nSPS) is 31.4. The number of rotatable bonds is 4. The maximum absolute atomic E-state index is 9.94. The zero-order valence-electron chi connectivity index (χ0n) is 11.7. The van der Waals surface area contributed by atoms with Crippen LogP contribution in [0.1, 0.15) is 30.9 Å². The molecule has 1 heterocycles. The third-order valence-corrected chi connectivity index (χ3v) is 5.48. The molecular formula is C16H23BrN2O. The number of fused-ring (bicyclic) bond motifs is 1. The van der Waals surface area contributed by atoms with Gasteiger partial charge in [-0.25, -0.2) is 0 Å². The maximum Gasteiger partial charge on any atom is 0.0583 e. The Morgan fingerprint density at radius 3 is 2.70 bits per heavy atom. The second kappa shape index (κ2) is 6.14. The summed E-state index contributed by atoms with van der Waals surface area (Å²) in [7, 11) is 0. The van der Waals surface area contributed by atoms with E-state index in [2.05, 4.69) is 33.0 Å². The molecule has 0 bridgehead atoms. The summed E-state index contributed by atoms with van der Waals surface area (Å²) >= 11 is 3.45. The fraction of sp³-hybridized carbons (Fsp3) is 0.625. The van der Waals surface area contributed by atoms with E-state index in [4.69, 9.17) is 5.73 Å². The Hall–Kier alpha value is -0.420. The van der Waals surface area contributed by atoms with E-state index in [0.29, 0.717) is 11.8 Å². The van der Waals surface area contributed by atoms with Crippen LogP contribution >= 0.6 is 15.9 Å². The predicted octanol–water partition coefficient (Wildman–Crippen LogP) is 2.54. The maximum atomic E-state index is 9.94. The van der Waals surface area contributed by atoms with Crippen molar-refractivity contribution in [2.45, 2.75) is 31.4 Å². The predicted molar refractivity (Wildman–Crippen MR) is 84.3 cm³/mol. The molecule has 1 aromatic rings. The van der Waals surface area contributed by atoms with Crippen LogP contribution in [0.5, 0.6) is 0 Å². The highest BCUT2D eigenvalue weighted by molar-refractivity contribution is 9.10. The van der Waals surface area contributed by atoms with Crippen molar-refractivity contribution in [2.24, 2.45) is 17.6 Å². The first kappa shape index (κ1) is 14.5. The van der Waals surface area contributed by atoms with Gasteiger partial charge in [-0.2, -0.15) is 0 Å². The van der Waals surface area contributed by atoms with Crippen LogP contribution in [-0.4, -0.2) is 35.7 Å². The van der Waals surface area contributed by atoms with Crippen LogP contribution < -0.4 is 5.73 Å². The fourth-order valence-electron chi connectivity index (χ4n) is 3.71. The van der Waals surface area contributed by atoms with Crippen LogP contribution in [0.4, 0.5) is 0 Å². The van der Waals surface area contributed by atoms with Gasteiger partial charge in [-0.3, -0.25) is 0 Å². The van der Waals surface area contributed by atoms with E-state index in [-0.39, 0.29) is 12.1 Å². The van der Waals surface area contributed by atoms with Gasteiger partial charge in [0.1, 0.15) is 0 Å². The molecule has 2 fully saturated rings. The largest absolute Gasteiger partial charge is 0.393 e. The molecule has 0 amide bonds. The molecule has 1 aliphatic carbocycles. The summed E-state index contributed by atoms with van der Waals surface area (Å²) in [5.41, 5.74) is 7.48. The molecule has 4 unspecified atom stereocenters. The van der Waals surface area contributed by atoms with Gasteiger partial charge in [0.15, 0.2) is 0 Å². The molecule has 1 aliphatic heterocycles. The first-order chi connectivity index (χ1) is 9.63. The molecular weight excluding hydrogens is 316 g/mol. The summed E-state index contributed by atoms with van der Waals surface area (Å²) in [6.07, 6.45) is 3.12. The molecule has 0 radical (unpaired) electrons. The molecule has 4 atom stereocenters. The molecule has 1 saturated heterocycles. The monoisotopic (exact) mass is 338 g/mol. The molecule has 110 valence electrons. The molecule has 1 saturated carbocycles. The van der Waals surface area contributed by atoms with Crippen molar-refractivity contribution in [1.29, 1.82) is 0 Å². The highest BCUT2D eigenvalue weighted by Crippen LogP contribution is 2.38. The molecule has 4 heteroatoms. The molecule has 0 aromatic heterocycles. The van der Waals surface area contributed by atoms with Crippen molar-refractivity contribution in [3.63, 3.8) is 0 Å². The average Bonchev–Trinajstić information content (AvgIpc) is 2.99. The Kier molecular flexibility index (Phi) is 4.46. The van der Waals surface area contributed by atoms with Crippen LogP contribution in [0.15, 0.2) is 28.7 Å². The van der Waals surface area contributed by atoms with Crippen LogP contribution in [0.2, 0.25) is 0 Å². The number of nitrogens with two attached hydrogens (primary N) is 1. The topological polar surface area (TPSA) is 49.5 Å². The SMILES string of the molecule is NC(CCN1CC2CCC(O)C2C1)c1ccc(Br)cc1. The number of hydrogen-bond donors (Lipinski definition) is 2. The van der Waals surface area contributed by atoms with Gasteiger partial charge in [-0.1, -0.05) is 28.1 Å². The van der Waals surface area contributed by atoms with Gasteiger partial charge in [0, 0.05) is 29.5 Å². The number of aliphatic hydroxyl groups excluding tert-OH is 1. The third kappa shape index (κ3) is 3.08. The summed E-state index contributed by atoms with van der Waals surface area (Å²) in [6.45, 7) is 3.24. The van der Waals surface area contributed by atoms with E-state index < -0.39 is 0 Å². The van der Waals surface area contributed by atoms with E-state index in [9.17, 15) is 5.11 Å². The second-order valence-electron chi connectivity index (χ2n) is 6.27. The lowest BCUT2D eigenvalue weighted by Crippen LogP contribution is -2.28. The summed E-state index contributed by atoms with van der Waals surface area (Å²) in [4.78, 5) is 2.48. The molecule has 3 rings (SSSR count). The summed E-state index contributed by atoms with van der Waals surface area (Å²) in [6, 6.07) is 8.39. The Morgan fingerprint density at radius 1 is 1.25 bits per heavy atom. The average molecular weight is 339 g/mol. The third-order valence-electron chi connectivity index (χ3n) is 4.95. The lowest BCUT2D eigenvalue weighted by atomic mass is 10.00. The van der Waals surface area contributed by atoms with E-state index >= 15 is 0 Å². The smallest absolute Gasteiger partial charge is 0.0583 e. The number of likely N-dealkylation sites (tertiary alicyclic amines) is 1. The van der Waals surface area contributed by atoms with Crippen LogP contribution in [0, 0.1) is 11.8 Å². The molecule has 3 N–H and O–H groups in total. The van der Waals surface area contributed by atoms with E-state index in [0.717, 1.165) is 36.9 Å². The number of aliphatic hydroxyl groups is 1. The number of halogens is 1. The van der Waals surface area contributed by atoms with Gasteiger partial charge in [-0.15, -0.1) is 0 Å². The molecule has 2 aliphatic rings. The summed E-state index contributed by atoms with van der Waals surface area (Å²) < 4.78 is 1.09. The van der Waals surface area contributed by atoms with Crippen molar-refractivity contribution in [1.82, 2.24) is 4.90 Å². The van der Waals surface area contributed by atoms with Crippen LogP contribution in [0.3, 0.4) is 0 Å². The Balaban J connectivity index is 1.49. The van der Waals surface area contributed by atoms with Crippen molar-refractivity contribution >= 4 is 15.9 Å². The zero-order chi connectivity index (χ0) is 14.1. The van der Waals surface area contributed by atoms with Gasteiger partial charge in [0.05, 0.1) is 6.10 Å². The minimum atomic E-state index is -0.0647. The van der Waals surface area contributed by atoms with Gasteiger partial charge in [0.25, 0.3) is 0 Å². The van der Waals surface area contributed by atoms with E-state index in [1.807, 2.05) is 12.1 Å². The van der Waals surface area contributed by atoms with Gasteiger partial charge < -0.3 is 15.7 Å². The Labute approximate surface area is 129 Å². The highest BCUT2D eigenvalue weighted by Gasteiger charge is 2.41. The zero-order valence-corrected chi connectivity index (χ0v) is 13.3. The molecule has 3 nitrogen and oxygen atoms in total.